The van der Waals surface area contributed by atoms with Crippen LogP contribution < -0.4 is 0 Å². The SMILES string of the molecule is CC=Cc1ccccc1-c1ccc(Cl)c(Cl)c1. The normalized spacial score (nSPS) is 11.0. The Morgan fingerprint density at radius 2 is 1.71 bits per heavy atom. The van der Waals surface area contributed by atoms with Gasteiger partial charge in [0, 0.05) is 0 Å². The van der Waals surface area contributed by atoms with Crippen LogP contribution in [-0.4, -0.2) is 0 Å². The van der Waals surface area contributed by atoms with Crippen LogP contribution in [-0.2, 0) is 0 Å². The maximum atomic E-state index is 6.04. The lowest BCUT2D eigenvalue weighted by atomic mass is 9.99. The summed E-state index contributed by atoms with van der Waals surface area (Å²) >= 11 is 12.0. The Morgan fingerprint density at radius 3 is 2.41 bits per heavy atom. The molecule has 2 heteroatoms. The van der Waals surface area contributed by atoms with Crippen LogP contribution in [0.25, 0.3) is 17.2 Å². The minimum atomic E-state index is 0.582. The summed E-state index contributed by atoms with van der Waals surface area (Å²) in [4.78, 5) is 0. The Morgan fingerprint density at radius 1 is 0.941 bits per heavy atom. The maximum absolute atomic E-state index is 6.04. The molecule has 0 aliphatic heterocycles. The summed E-state index contributed by atoms with van der Waals surface area (Å²) in [5, 5.41) is 1.17. The Hall–Kier alpha value is -1.24. The van der Waals surface area contributed by atoms with E-state index in [0.717, 1.165) is 11.1 Å². The zero-order valence-corrected chi connectivity index (χ0v) is 11.0. The molecule has 0 fully saturated rings. The van der Waals surface area contributed by atoms with Crippen molar-refractivity contribution in [1.29, 1.82) is 0 Å². The van der Waals surface area contributed by atoms with Gasteiger partial charge in [-0.1, -0.05) is 65.7 Å². The van der Waals surface area contributed by atoms with Gasteiger partial charge in [0.1, 0.15) is 0 Å². The van der Waals surface area contributed by atoms with Crippen LogP contribution in [0, 0.1) is 0 Å². The van der Waals surface area contributed by atoms with E-state index in [2.05, 4.69) is 18.2 Å². The molecule has 2 rings (SSSR count). The first-order valence-corrected chi connectivity index (χ1v) is 6.15. The van der Waals surface area contributed by atoms with E-state index in [-0.39, 0.29) is 0 Å². The Kier molecular flexibility index (Phi) is 3.88. The molecular weight excluding hydrogens is 251 g/mol. The first-order chi connectivity index (χ1) is 8.22. The molecule has 17 heavy (non-hydrogen) atoms. The molecule has 0 saturated heterocycles. The molecule has 0 aliphatic carbocycles. The summed E-state index contributed by atoms with van der Waals surface area (Å²) in [5.41, 5.74) is 3.41. The molecule has 0 aliphatic rings. The number of rotatable bonds is 2. The van der Waals surface area contributed by atoms with E-state index < -0.39 is 0 Å². The zero-order valence-electron chi connectivity index (χ0n) is 9.45. The molecule has 0 unspecified atom stereocenters. The quantitative estimate of drug-likeness (QED) is 0.652. The number of hydrogen-bond donors (Lipinski definition) is 0. The summed E-state index contributed by atoms with van der Waals surface area (Å²) < 4.78 is 0. The molecule has 0 N–H and O–H groups in total. The molecule has 0 heterocycles. The third-order valence-electron chi connectivity index (χ3n) is 2.54. The fourth-order valence-electron chi connectivity index (χ4n) is 1.75. The molecule has 0 radical (unpaired) electrons. The maximum Gasteiger partial charge on any atom is 0.0598 e. The van der Waals surface area contributed by atoms with Gasteiger partial charge >= 0.3 is 0 Å². The van der Waals surface area contributed by atoms with Crippen LogP contribution in [0.1, 0.15) is 12.5 Å². The van der Waals surface area contributed by atoms with E-state index in [0.29, 0.717) is 10.0 Å². The lowest BCUT2D eigenvalue weighted by molar-refractivity contribution is 1.58. The number of halogens is 2. The molecule has 0 atom stereocenters. The van der Waals surface area contributed by atoms with Gasteiger partial charge in [0.15, 0.2) is 0 Å². The Balaban J connectivity index is 2.56. The summed E-state index contributed by atoms with van der Waals surface area (Å²) in [7, 11) is 0. The lowest BCUT2D eigenvalue weighted by Crippen LogP contribution is -1.83. The first-order valence-electron chi connectivity index (χ1n) is 5.39. The number of hydrogen-bond acceptors (Lipinski definition) is 0. The van der Waals surface area contributed by atoms with E-state index in [1.165, 1.54) is 5.56 Å². The topological polar surface area (TPSA) is 0 Å². The van der Waals surface area contributed by atoms with Gasteiger partial charge in [0.25, 0.3) is 0 Å². The van der Waals surface area contributed by atoms with E-state index in [4.69, 9.17) is 23.2 Å². The molecule has 0 aromatic heterocycles. The first kappa shape index (κ1) is 12.2. The van der Waals surface area contributed by atoms with E-state index in [1.54, 1.807) is 0 Å². The van der Waals surface area contributed by atoms with Gasteiger partial charge < -0.3 is 0 Å². The Bertz CT molecular complexity index is 557. The molecule has 0 nitrogen and oxygen atoms in total. The third kappa shape index (κ3) is 2.71. The molecule has 0 bridgehead atoms. The van der Waals surface area contributed by atoms with Crippen molar-refractivity contribution in [3.05, 3.63) is 64.1 Å². The van der Waals surface area contributed by atoms with Crippen molar-refractivity contribution in [2.45, 2.75) is 6.92 Å². The smallest absolute Gasteiger partial charge is 0.0598 e. The van der Waals surface area contributed by atoms with Crippen LogP contribution in [0.2, 0.25) is 10.0 Å². The summed E-state index contributed by atoms with van der Waals surface area (Å²) in [6, 6.07) is 13.9. The van der Waals surface area contributed by atoms with Crippen LogP contribution >= 0.6 is 23.2 Å². The summed E-state index contributed by atoms with van der Waals surface area (Å²) in [5.74, 6) is 0. The van der Waals surface area contributed by atoms with Gasteiger partial charge in [-0.3, -0.25) is 0 Å². The largest absolute Gasteiger partial charge is 0.0870 e. The van der Waals surface area contributed by atoms with Crippen molar-refractivity contribution in [2.75, 3.05) is 0 Å². The minimum Gasteiger partial charge on any atom is -0.0870 e. The van der Waals surface area contributed by atoms with Gasteiger partial charge in [0.2, 0.25) is 0 Å². The molecule has 86 valence electrons. The van der Waals surface area contributed by atoms with Crippen molar-refractivity contribution in [2.24, 2.45) is 0 Å². The molecule has 0 saturated carbocycles. The van der Waals surface area contributed by atoms with Crippen molar-refractivity contribution in [3.8, 4) is 11.1 Å². The van der Waals surface area contributed by atoms with Crippen molar-refractivity contribution >= 4 is 29.3 Å². The highest BCUT2D eigenvalue weighted by Crippen LogP contribution is 2.30. The predicted molar refractivity (Wildman–Crippen MR) is 76.6 cm³/mol. The minimum absolute atomic E-state index is 0.582. The third-order valence-corrected chi connectivity index (χ3v) is 3.28. The van der Waals surface area contributed by atoms with Crippen molar-refractivity contribution in [1.82, 2.24) is 0 Å². The monoisotopic (exact) mass is 262 g/mol. The standard InChI is InChI=1S/C15H12Cl2/c1-2-5-11-6-3-4-7-13(11)12-8-9-14(16)15(17)10-12/h2-10H,1H3. The molecule has 0 spiro atoms. The highest BCUT2D eigenvalue weighted by Gasteiger charge is 2.04. The van der Waals surface area contributed by atoms with Crippen molar-refractivity contribution < 1.29 is 0 Å². The lowest BCUT2D eigenvalue weighted by Gasteiger charge is -2.07. The van der Waals surface area contributed by atoms with Gasteiger partial charge in [0.05, 0.1) is 10.0 Å². The second kappa shape index (κ2) is 5.39. The average molecular weight is 263 g/mol. The van der Waals surface area contributed by atoms with Gasteiger partial charge in [-0.15, -0.1) is 0 Å². The van der Waals surface area contributed by atoms with E-state index >= 15 is 0 Å². The molecular formula is C15H12Cl2. The summed E-state index contributed by atoms with van der Waals surface area (Å²) in [6.45, 7) is 2.01. The highest BCUT2D eigenvalue weighted by molar-refractivity contribution is 6.42. The fourth-order valence-corrected chi connectivity index (χ4v) is 2.05. The highest BCUT2D eigenvalue weighted by atomic mass is 35.5. The van der Waals surface area contributed by atoms with Crippen LogP contribution in [0.5, 0.6) is 0 Å². The van der Waals surface area contributed by atoms with E-state index in [9.17, 15) is 0 Å². The average Bonchev–Trinajstić information content (AvgIpc) is 2.34. The second-order valence-electron chi connectivity index (χ2n) is 3.72. The van der Waals surface area contributed by atoms with Crippen molar-refractivity contribution in [3.63, 3.8) is 0 Å². The van der Waals surface area contributed by atoms with Crippen LogP contribution in [0.15, 0.2) is 48.5 Å². The second-order valence-corrected chi connectivity index (χ2v) is 4.53. The zero-order chi connectivity index (χ0) is 12.3. The predicted octanol–water partition coefficient (Wildman–Crippen LogP) is 5.69. The fraction of sp³-hybridized carbons (Fsp3) is 0.0667. The summed E-state index contributed by atoms with van der Waals surface area (Å²) in [6.07, 6.45) is 4.11. The number of benzene rings is 2. The van der Waals surface area contributed by atoms with Gasteiger partial charge in [-0.05, 0) is 35.7 Å². The number of allylic oxidation sites excluding steroid dienone is 1. The van der Waals surface area contributed by atoms with Gasteiger partial charge in [-0.25, -0.2) is 0 Å². The van der Waals surface area contributed by atoms with Crippen LogP contribution in [0.3, 0.4) is 0 Å². The Labute approximate surface area is 112 Å². The van der Waals surface area contributed by atoms with Gasteiger partial charge in [-0.2, -0.15) is 0 Å². The molecule has 2 aromatic rings. The van der Waals surface area contributed by atoms with E-state index in [1.807, 2.05) is 43.3 Å². The van der Waals surface area contributed by atoms with Crippen LogP contribution in [0.4, 0.5) is 0 Å². The molecule has 0 amide bonds. The molecule has 2 aromatic carbocycles.